The lowest BCUT2D eigenvalue weighted by Gasteiger charge is -2.19. The SMILES string of the molecule is C=C(Cc1nc(CCCCCCC(C)C)no1)C(=O)OC(C)(C)C. The Bertz CT molecular complexity index is 527. The number of hydrogen-bond acceptors (Lipinski definition) is 5. The Kier molecular flexibility index (Phi) is 8.16. The van der Waals surface area contributed by atoms with Crippen LogP contribution in [0.25, 0.3) is 0 Å². The summed E-state index contributed by atoms with van der Waals surface area (Å²) >= 11 is 0. The highest BCUT2D eigenvalue weighted by molar-refractivity contribution is 5.88. The quantitative estimate of drug-likeness (QED) is 0.353. The van der Waals surface area contributed by atoms with Gasteiger partial charge in [-0.3, -0.25) is 0 Å². The molecule has 1 rings (SSSR count). The number of nitrogens with zero attached hydrogens (tertiary/aromatic N) is 2. The lowest BCUT2D eigenvalue weighted by molar-refractivity contribution is -0.150. The predicted octanol–water partition coefficient (Wildman–Crippen LogP) is 4.66. The molecule has 0 aromatic carbocycles. The van der Waals surface area contributed by atoms with Gasteiger partial charge in [0.15, 0.2) is 5.82 Å². The largest absolute Gasteiger partial charge is 0.457 e. The third kappa shape index (κ3) is 8.85. The maximum atomic E-state index is 11.9. The minimum absolute atomic E-state index is 0.232. The van der Waals surface area contributed by atoms with Gasteiger partial charge >= 0.3 is 5.97 Å². The van der Waals surface area contributed by atoms with Crippen molar-refractivity contribution >= 4 is 5.97 Å². The van der Waals surface area contributed by atoms with Crippen LogP contribution < -0.4 is 0 Å². The van der Waals surface area contributed by atoms with Crippen LogP contribution in [0.2, 0.25) is 0 Å². The molecule has 1 heterocycles. The fourth-order valence-corrected chi connectivity index (χ4v) is 2.26. The van der Waals surface area contributed by atoms with E-state index in [0.29, 0.717) is 17.3 Å². The van der Waals surface area contributed by atoms with E-state index >= 15 is 0 Å². The topological polar surface area (TPSA) is 65.2 Å². The van der Waals surface area contributed by atoms with Gasteiger partial charge in [0.05, 0.1) is 6.42 Å². The van der Waals surface area contributed by atoms with Crippen molar-refractivity contribution in [2.45, 2.75) is 85.2 Å². The molecule has 0 radical (unpaired) electrons. The van der Waals surface area contributed by atoms with Gasteiger partial charge in [-0.1, -0.05) is 51.3 Å². The van der Waals surface area contributed by atoms with Crippen LogP contribution in [0.15, 0.2) is 16.7 Å². The third-order valence-electron chi connectivity index (χ3n) is 3.49. The molecule has 24 heavy (non-hydrogen) atoms. The van der Waals surface area contributed by atoms with Gasteiger partial charge in [0, 0.05) is 12.0 Å². The Morgan fingerprint density at radius 2 is 1.88 bits per heavy atom. The third-order valence-corrected chi connectivity index (χ3v) is 3.49. The van der Waals surface area contributed by atoms with Gasteiger partial charge in [-0.15, -0.1) is 0 Å². The average Bonchev–Trinajstić information content (AvgIpc) is 2.88. The summed E-state index contributed by atoms with van der Waals surface area (Å²) in [7, 11) is 0. The zero-order chi connectivity index (χ0) is 18.2. The van der Waals surface area contributed by atoms with Gasteiger partial charge in [0.1, 0.15) is 5.60 Å². The molecular weight excluding hydrogens is 304 g/mol. The first-order valence-corrected chi connectivity index (χ1v) is 8.90. The summed E-state index contributed by atoms with van der Waals surface area (Å²) in [5, 5.41) is 3.97. The van der Waals surface area contributed by atoms with Crippen LogP contribution in [0, 0.1) is 5.92 Å². The van der Waals surface area contributed by atoms with Gasteiger partial charge < -0.3 is 9.26 Å². The number of carbonyl (C=O) groups excluding carboxylic acids is 1. The van der Waals surface area contributed by atoms with Crippen LogP contribution >= 0.6 is 0 Å². The van der Waals surface area contributed by atoms with Gasteiger partial charge in [0.2, 0.25) is 5.89 Å². The number of carbonyl (C=O) groups is 1. The van der Waals surface area contributed by atoms with Gasteiger partial charge in [-0.25, -0.2) is 4.79 Å². The van der Waals surface area contributed by atoms with Crippen molar-refractivity contribution in [1.29, 1.82) is 0 Å². The zero-order valence-electron chi connectivity index (χ0n) is 15.9. The van der Waals surface area contributed by atoms with E-state index in [1.807, 2.05) is 20.8 Å². The molecule has 1 aromatic heterocycles. The van der Waals surface area contributed by atoms with E-state index in [0.717, 1.165) is 18.8 Å². The van der Waals surface area contributed by atoms with E-state index in [1.54, 1.807) is 0 Å². The summed E-state index contributed by atoms with van der Waals surface area (Å²) in [6.45, 7) is 13.7. The second-order valence-electron chi connectivity index (χ2n) is 7.73. The second kappa shape index (κ2) is 9.60. The molecule has 0 bridgehead atoms. The number of hydrogen-bond donors (Lipinski definition) is 0. The van der Waals surface area contributed by atoms with E-state index in [1.165, 1.54) is 25.7 Å². The fraction of sp³-hybridized carbons (Fsp3) is 0.737. The number of unbranched alkanes of at least 4 members (excludes halogenated alkanes) is 3. The van der Waals surface area contributed by atoms with Crippen LogP contribution in [-0.2, 0) is 22.4 Å². The van der Waals surface area contributed by atoms with Crippen molar-refractivity contribution in [3.8, 4) is 0 Å². The first-order chi connectivity index (χ1) is 11.2. The zero-order valence-corrected chi connectivity index (χ0v) is 15.9. The van der Waals surface area contributed by atoms with Gasteiger partial charge in [-0.2, -0.15) is 4.98 Å². The Labute approximate surface area is 145 Å². The molecular formula is C19H32N2O3. The molecule has 0 N–H and O–H groups in total. The molecule has 0 atom stereocenters. The number of aryl methyl sites for hydroxylation is 1. The molecule has 5 nitrogen and oxygen atoms in total. The number of rotatable bonds is 10. The predicted molar refractivity (Wildman–Crippen MR) is 94.6 cm³/mol. The molecule has 0 aliphatic carbocycles. The molecule has 0 aliphatic rings. The maximum absolute atomic E-state index is 11.9. The minimum atomic E-state index is -0.532. The smallest absolute Gasteiger partial charge is 0.334 e. The first-order valence-electron chi connectivity index (χ1n) is 8.90. The maximum Gasteiger partial charge on any atom is 0.334 e. The molecule has 136 valence electrons. The highest BCUT2D eigenvalue weighted by Gasteiger charge is 2.20. The van der Waals surface area contributed by atoms with Gasteiger partial charge in [0.25, 0.3) is 0 Å². The van der Waals surface area contributed by atoms with Crippen molar-refractivity contribution in [2.24, 2.45) is 5.92 Å². The van der Waals surface area contributed by atoms with Crippen LogP contribution in [0.1, 0.15) is 78.4 Å². The molecule has 5 heteroatoms. The van der Waals surface area contributed by atoms with Gasteiger partial charge in [-0.05, 0) is 33.1 Å². The van der Waals surface area contributed by atoms with Crippen molar-refractivity contribution in [2.75, 3.05) is 0 Å². The molecule has 0 amide bonds. The molecule has 1 aromatic rings. The fourth-order valence-electron chi connectivity index (χ4n) is 2.26. The summed E-state index contributed by atoms with van der Waals surface area (Å²) in [5.41, 5.74) is -0.205. The molecule has 0 saturated heterocycles. The van der Waals surface area contributed by atoms with E-state index in [9.17, 15) is 4.79 Å². The normalized spacial score (nSPS) is 11.8. The van der Waals surface area contributed by atoms with Crippen LogP contribution in [-0.4, -0.2) is 21.7 Å². The Morgan fingerprint density at radius 3 is 2.50 bits per heavy atom. The van der Waals surface area contributed by atoms with Crippen molar-refractivity contribution in [1.82, 2.24) is 10.1 Å². The van der Waals surface area contributed by atoms with Crippen molar-refractivity contribution in [3.05, 3.63) is 23.9 Å². The van der Waals surface area contributed by atoms with E-state index in [2.05, 4.69) is 30.6 Å². The van der Waals surface area contributed by atoms with Crippen molar-refractivity contribution < 1.29 is 14.1 Å². The molecule has 0 aliphatic heterocycles. The Hall–Kier alpha value is -1.65. The Morgan fingerprint density at radius 1 is 1.21 bits per heavy atom. The number of esters is 1. The summed E-state index contributed by atoms with van der Waals surface area (Å²) in [5.74, 6) is 1.47. The minimum Gasteiger partial charge on any atom is -0.457 e. The van der Waals surface area contributed by atoms with Crippen LogP contribution in [0.5, 0.6) is 0 Å². The van der Waals surface area contributed by atoms with Crippen LogP contribution in [0.4, 0.5) is 0 Å². The van der Waals surface area contributed by atoms with E-state index in [4.69, 9.17) is 9.26 Å². The van der Waals surface area contributed by atoms with Crippen molar-refractivity contribution in [3.63, 3.8) is 0 Å². The molecule has 0 unspecified atom stereocenters. The summed E-state index contributed by atoms with van der Waals surface area (Å²) in [4.78, 5) is 16.2. The van der Waals surface area contributed by atoms with E-state index < -0.39 is 11.6 Å². The molecule has 0 fully saturated rings. The average molecular weight is 336 g/mol. The number of aromatic nitrogens is 2. The van der Waals surface area contributed by atoms with Crippen LogP contribution in [0.3, 0.4) is 0 Å². The number of ether oxygens (including phenoxy) is 1. The highest BCUT2D eigenvalue weighted by Crippen LogP contribution is 2.14. The lowest BCUT2D eigenvalue weighted by atomic mass is 10.0. The summed E-state index contributed by atoms with van der Waals surface area (Å²) in [6.07, 6.45) is 7.11. The lowest BCUT2D eigenvalue weighted by Crippen LogP contribution is -2.25. The monoisotopic (exact) mass is 336 g/mol. The Balaban J connectivity index is 2.30. The van der Waals surface area contributed by atoms with E-state index in [-0.39, 0.29) is 6.42 Å². The summed E-state index contributed by atoms with van der Waals surface area (Å²) in [6, 6.07) is 0. The standard InChI is InChI=1S/C19H32N2O3/c1-14(2)11-9-7-8-10-12-16-20-17(24-21-16)13-15(3)18(22)23-19(4,5)6/h14H,3,7-13H2,1-2,4-6H3. The first kappa shape index (κ1) is 20.4. The summed E-state index contributed by atoms with van der Waals surface area (Å²) < 4.78 is 10.5. The highest BCUT2D eigenvalue weighted by atomic mass is 16.6. The second-order valence-corrected chi connectivity index (χ2v) is 7.73. The molecule has 0 saturated carbocycles. The molecule has 0 spiro atoms.